The van der Waals surface area contributed by atoms with E-state index in [-0.39, 0.29) is 5.91 Å². The number of hydrogen-bond donors (Lipinski definition) is 1. The molecule has 0 bridgehead atoms. The van der Waals surface area contributed by atoms with Crippen molar-refractivity contribution in [2.45, 2.75) is 64.7 Å². The first kappa shape index (κ1) is 22.1. The summed E-state index contributed by atoms with van der Waals surface area (Å²) >= 11 is 2.43. The summed E-state index contributed by atoms with van der Waals surface area (Å²) in [7, 11) is 0. The number of unbranched alkanes of at least 4 members (excludes halogenated alkanes) is 6. The van der Waals surface area contributed by atoms with E-state index >= 15 is 0 Å². The molecule has 1 amide bonds. The number of carbonyl (C=O) groups is 1. The molecule has 0 aliphatic carbocycles. The predicted octanol–water partition coefficient (Wildman–Crippen LogP) is 4.10. The smallest absolute Gasteiger partial charge is 0.220 e. The summed E-state index contributed by atoms with van der Waals surface area (Å²) in [4.78, 5) is 11.6. The van der Waals surface area contributed by atoms with Gasteiger partial charge in [0.05, 0.1) is 19.8 Å². The molecular weight excluding hydrogens is 393 g/mol. The standard InChI is InChI=1S/C17H34INO3/c1-2-13-21-15-16-22-14-12-19-17(20)10-8-6-4-3-5-7-9-11-18/h2-16H2,1H3,(H,19,20). The largest absolute Gasteiger partial charge is 0.379 e. The van der Waals surface area contributed by atoms with Crippen molar-refractivity contribution in [1.29, 1.82) is 0 Å². The Labute approximate surface area is 150 Å². The van der Waals surface area contributed by atoms with Crippen molar-refractivity contribution in [2.24, 2.45) is 0 Å². The van der Waals surface area contributed by atoms with Gasteiger partial charge in [0.25, 0.3) is 0 Å². The van der Waals surface area contributed by atoms with Gasteiger partial charge in [-0.3, -0.25) is 4.79 Å². The molecule has 0 spiro atoms. The molecule has 0 unspecified atom stereocenters. The summed E-state index contributed by atoms with van der Waals surface area (Å²) in [5, 5.41) is 2.90. The minimum atomic E-state index is 0.149. The molecule has 5 heteroatoms. The normalized spacial score (nSPS) is 10.8. The van der Waals surface area contributed by atoms with Gasteiger partial charge in [0, 0.05) is 19.6 Å². The second kappa shape index (κ2) is 19.2. The van der Waals surface area contributed by atoms with Crippen LogP contribution in [-0.2, 0) is 14.3 Å². The summed E-state index contributed by atoms with van der Waals surface area (Å²) in [5.74, 6) is 0.149. The molecule has 0 atom stereocenters. The first-order chi connectivity index (χ1) is 10.8. The zero-order chi connectivity index (χ0) is 16.3. The minimum Gasteiger partial charge on any atom is -0.379 e. The maximum atomic E-state index is 11.6. The van der Waals surface area contributed by atoms with Crippen molar-refractivity contribution in [3.63, 3.8) is 0 Å². The number of ether oxygens (including phenoxy) is 2. The van der Waals surface area contributed by atoms with Crippen molar-refractivity contribution in [3.8, 4) is 0 Å². The topological polar surface area (TPSA) is 47.6 Å². The average molecular weight is 427 g/mol. The van der Waals surface area contributed by atoms with E-state index in [4.69, 9.17) is 9.47 Å². The molecule has 0 aliphatic rings. The van der Waals surface area contributed by atoms with Crippen LogP contribution >= 0.6 is 22.6 Å². The minimum absolute atomic E-state index is 0.149. The molecule has 4 nitrogen and oxygen atoms in total. The highest BCUT2D eigenvalue weighted by atomic mass is 127. The monoisotopic (exact) mass is 427 g/mol. The predicted molar refractivity (Wildman–Crippen MR) is 101 cm³/mol. The first-order valence-electron chi connectivity index (χ1n) is 8.79. The van der Waals surface area contributed by atoms with Gasteiger partial charge < -0.3 is 14.8 Å². The fourth-order valence-electron chi connectivity index (χ4n) is 2.08. The van der Waals surface area contributed by atoms with E-state index in [1.165, 1.54) is 43.0 Å². The molecule has 0 radical (unpaired) electrons. The van der Waals surface area contributed by atoms with Crippen LogP contribution in [0.4, 0.5) is 0 Å². The molecule has 0 saturated heterocycles. The zero-order valence-electron chi connectivity index (χ0n) is 14.2. The summed E-state index contributed by atoms with van der Waals surface area (Å²) in [6.45, 7) is 5.29. The number of alkyl halides is 1. The van der Waals surface area contributed by atoms with Crippen molar-refractivity contribution in [3.05, 3.63) is 0 Å². The molecule has 0 fully saturated rings. The summed E-state index contributed by atoms with van der Waals surface area (Å²) < 4.78 is 12.0. The number of nitrogens with one attached hydrogen (secondary N) is 1. The Kier molecular flexibility index (Phi) is 19.3. The van der Waals surface area contributed by atoms with E-state index in [0.717, 1.165) is 19.4 Å². The zero-order valence-corrected chi connectivity index (χ0v) is 16.4. The van der Waals surface area contributed by atoms with Gasteiger partial charge in [-0.1, -0.05) is 61.6 Å². The van der Waals surface area contributed by atoms with Crippen molar-refractivity contribution in [2.75, 3.05) is 37.4 Å². The Balaban J connectivity index is 3.13. The first-order valence-corrected chi connectivity index (χ1v) is 10.3. The Morgan fingerprint density at radius 1 is 0.864 bits per heavy atom. The molecule has 0 saturated carbocycles. The van der Waals surface area contributed by atoms with E-state index in [1.54, 1.807) is 0 Å². The summed E-state index contributed by atoms with van der Waals surface area (Å²) in [6.07, 6.45) is 10.5. The van der Waals surface area contributed by atoms with Crippen LogP contribution in [0, 0.1) is 0 Å². The fraction of sp³-hybridized carbons (Fsp3) is 0.941. The molecule has 0 aromatic carbocycles. The summed E-state index contributed by atoms with van der Waals surface area (Å²) in [5.41, 5.74) is 0. The quantitative estimate of drug-likeness (QED) is 0.216. The lowest BCUT2D eigenvalue weighted by molar-refractivity contribution is -0.121. The fourth-order valence-corrected chi connectivity index (χ4v) is 2.62. The third-order valence-electron chi connectivity index (χ3n) is 3.33. The van der Waals surface area contributed by atoms with Gasteiger partial charge in [-0.25, -0.2) is 0 Å². The number of amides is 1. The average Bonchev–Trinajstić information content (AvgIpc) is 2.52. The highest BCUT2D eigenvalue weighted by Gasteiger charge is 2.00. The van der Waals surface area contributed by atoms with Gasteiger partial charge in [-0.05, 0) is 23.7 Å². The summed E-state index contributed by atoms with van der Waals surface area (Å²) in [6, 6.07) is 0. The van der Waals surface area contributed by atoms with Gasteiger partial charge in [0.1, 0.15) is 0 Å². The van der Waals surface area contributed by atoms with Gasteiger partial charge in [0.2, 0.25) is 5.91 Å². The van der Waals surface area contributed by atoms with Crippen LogP contribution in [-0.4, -0.2) is 43.3 Å². The molecule has 0 heterocycles. The second-order valence-corrected chi connectivity index (χ2v) is 6.57. The number of hydrogen-bond acceptors (Lipinski definition) is 3. The SMILES string of the molecule is CCCOCCOCCNC(=O)CCCCCCCCCI. The number of carbonyl (C=O) groups excluding carboxylic acids is 1. The van der Waals surface area contributed by atoms with Gasteiger partial charge in [-0.15, -0.1) is 0 Å². The van der Waals surface area contributed by atoms with Crippen LogP contribution in [0.25, 0.3) is 0 Å². The van der Waals surface area contributed by atoms with Gasteiger partial charge in [0.15, 0.2) is 0 Å². The maximum absolute atomic E-state index is 11.6. The molecule has 1 N–H and O–H groups in total. The lowest BCUT2D eigenvalue weighted by atomic mass is 10.1. The molecule has 0 aromatic heterocycles. The molecule has 132 valence electrons. The van der Waals surface area contributed by atoms with Crippen molar-refractivity contribution in [1.82, 2.24) is 5.32 Å². The lowest BCUT2D eigenvalue weighted by Gasteiger charge is -2.07. The van der Waals surface area contributed by atoms with Crippen molar-refractivity contribution < 1.29 is 14.3 Å². The van der Waals surface area contributed by atoms with Gasteiger partial charge >= 0.3 is 0 Å². The molecular formula is C17H34INO3. The van der Waals surface area contributed by atoms with Crippen LogP contribution in [0.5, 0.6) is 0 Å². The van der Waals surface area contributed by atoms with Crippen molar-refractivity contribution >= 4 is 28.5 Å². The highest BCUT2D eigenvalue weighted by Crippen LogP contribution is 2.09. The maximum Gasteiger partial charge on any atom is 0.220 e. The second-order valence-electron chi connectivity index (χ2n) is 5.49. The molecule has 0 rings (SSSR count). The van der Waals surface area contributed by atoms with Gasteiger partial charge in [-0.2, -0.15) is 0 Å². The Bertz CT molecular complexity index is 218. The highest BCUT2D eigenvalue weighted by molar-refractivity contribution is 14.1. The van der Waals surface area contributed by atoms with E-state index in [2.05, 4.69) is 34.8 Å². The van der Waals surface area contributed by atoms with E-state index in [1.807, 2.05) is 0 Å². The molecule has 22 heavy (non-hydrogen) atoms. The van der Waals surface area contributed by atoms with E-state index in [9.17, 15) is 4.79 Å². The van der Waals surface area contributed by atoms with E-state index < -0.39 is 0 Å². The third kappa shape index (κ3) is 18.2. The van der Waals surface area contributed by atoms with Crippen LogP contribution in [0.1, 0.15) is 64.7 Å². The Hall–Kier alpha value is 0.120. The molecule has 0 aromatic rings. The Morgan fingerprint density at radius 3 is 2.09 bits per heavy atom. The Morgan fingerprint density at radius 2 is 1.45 bits per heavy atom. The number of halogens is 1. The van der Waals surface area contributed by atoms with E-state index in [0.29, 0.717) is 32.8 Å². The molecule has 0 aliphatic heterocycles. The lowest BCUT2D eigenvalue weighted by Crippen LogP contribution is -2.27. The number of rotatable bonds is 17. The van der Waals surface area contributed by atoms with Crippen LogP contribution in [0.2, 0.25) is 0 Å². The van der Waals surface area contributed by atoms with Crippen LogP contribution < -0.4 is 5.32 Å². The van der Waals surface area contributed by atoms with Crippen LogP contribution in [0.15, 0.2) is 0 Å². The van der Waals surface area contributed by atoms with Crippen LogP contribution in [0.3, 0.4) is 0 Å². The third-order valence-corrected chi connectivity index (χ3v) is 4.09.